The predicted octanol–water partition coefficient (Wildman–Crippen LogP) is 3.69. The lowest BCUT2D eigenvalue weighted by Gasteiger charge is -2.34. The molecule has 1 aliphatic rings. The van der Waals surface area contributed by atoms with E-state index in [1.165, 1.54) is 44.3 Å². The van der Waals surface area contributed by atoms with Crippen molar-refractivity contribution in [3.05, 3.63) is 0 Å². The van der Waals surface area contributed by atoms with Crippen LogP contribution in [0.4, 0.5) is 0 Å². The topological polar surface area (TPSA) is 12.0 Å². The van der Waals surface area contributed by atoms with E-state index < -0.39 is 0 Å². The molecule has 0 aromatic rings. The monoisotopic (exact) mass is 229 g/mol. The van der Waals surface area contributed by atoms with Gasteiger partial charge in [-0.25, -0.2) is 0 Å². The second-order valence-corrected chi connectivity index (χ2v) is 6.28. The predicted molar refractivity (Wildman–Crippen MR) is 71.6 cm³/mol. The summed E-state index contributed by atoms with van der Waals surface area (Å²) in [6.45, 7) is 4.69. The number of hydrogen-bond acceptors (Lipinski definition) is 2. The number of hydrogen-bond donors (Lipinski definition) is 1. The number of unbranched alkanes of at least 4 members (excludes halogenated alkanes) is 2. The Morgan fingerprint density at radius 2 is 2.07 bits per heavy atom. The average molecular weight is 229 g/mol. The number of rotatable bonds is 6. The van der Waals surface area contributed by atoms with Crippen LogP contribution in [0.15, 0.2) is 0 Å². The van der Waals surface area contributed by atoms with Crippen molar-refractivity contribution in [3.63, 3.8) is 0 Å². The first-order valence-corrected chi connectivity index (χ1v) is 7.61. The van der Waals surface area contributed by atoms with Gasteiger partial charge in [-0.3, -0.25) is 0 Å². The molecule has 15 heavy (non-hydrogen) atoms. The zero-order chi connectivity index (χ0) is 11.1. The van der Waals surface area contributed by atoms with Crippen LogP contribution in [0.5, 0.6) is 0 Å². The Labute approximate surface area is 99.8 Å². The van der Waals surface area contributed by atoms with Crippen LogP contribution in [0.1, 0.15) is 52.4 Å². The summed E-state index contributed by atoms with van der Waals surface area (Å²) in [6, 6.07) is 0.771. The van der Waals surface area contributed by atoms with Crippen molar-refractivity contribution in [2.45, 2.75) is 63.7 Å². The van der Waals surface area contributed by atoms with Gasteiger partial charge in [0, 0.05) is 11.3 Å². The Balaban J connectivity index is 2.22. The molecule has 1 fully saturated rings. The molecule has 3 unspecified atom stereocenters. The van der Waals surface area contributed by atoms with Crippen molar-refractivity contribution in [3.8, 4) is 0 Å². The first-order valence-electron chi connectivity index (χ1n) is 6.56. The van der Waals surface area contributed by atoms with Crippen LogP contribution in [0.2, 0.25) is 0 Å². The number of thioether (sulfide) groups is 1. The van der Waals surface area contributed by atoms with Crippen LogP contribution in [0, 0.1) is 5.92 Å². The van der Waals surface area contributed by atoms with Crippen LogP contribution >= 0.6 is 11.8 Å². The van der Waals surface area contributed by atoms with Crippen molar-refractivity contribution in [1.29, 1.82) is 0 Å². The van der Waals surface area contributed by atoms with E-state index in [4.69, 9.17) is 0 Å². The van der Waals surface area contributed by atoms with Crippen LogP contribution < -0.4 is 5.32 Å². The molecule has 0 aromatic heterocycles. The maximum absolute atomic E-state index is 3.49. The molecule has 3 atom stereocenters. The molecule has 0 spiro atoms. The maximum Gasteiger partial charge on any atom is 0.0203 e. The van der Waals surface area contributed by atoms with E-state index in [1.54, 1.807) is 0 Å². The molecule has 1 nitrogen and oxygen atoms in total. The summed E-state index contributed by atoms with van der Waals surface area (Å²) in [4.78, 5) is 0. The van der Waals surface area contributed by atoms with Gasteiger partial charge in [-0.2, -0.15) is 11.8 Å². The van der Waals surface area contributed by atoms with Crippen molar-refractivity contribution >= 4 is 11.8 Å². The van der Waals surface area contributed by atoms with E-state index in [-0.39, 0.29) is 0 Å². The van der Waals surface area contributed by atoms with Crippen LogP contribution in [0.25, 0.3) is 0 Å². The zero-order valence-corrected chi connectivity index (χ0v) is 11.4. The van der Waals surface area contributed by atoms with Gasteiger partial charge in [0.15, 0.2) is 0 Å². The van der Waals surface area contributed by atoms with Gasteiger partial charge in [0.1, 0.15) is 0 Å². The van der Waals surface area contributed by atoms with Crippen LogP contribution in [-0.2, 0) is 0 Å². The quantitative estimate of drug-likeness (QED) is 0.697. The molecule has 0 amide bonds. The van der Waals surface area contributed by atoms with Gasteiger partial charge < -0.3 is 5.32 Å². The highest BCUT2D eigenvalue weighted by Gasteiger charge is 2.27. The van der Waals surface area contributed by atoms with Gasteiger partial charge in [0.05, 0.1) is 0 Å². The van der Waals surface area contributed by atoms with Crippen molar-refractivity contribution in [2.75, 3.05) is 12.8 Å². The average Bonchev–Trinajstić information content (AvgIpc) is 2.25. The Morgan fingerprint density at radius 1 is 1.27 bits per heavy atom. The first kappa shape index (κ1) is 13.4. The fraction of sp³-hybridized carbons (Fsp3) is 1.00. The number of nitrogens with one attached hydrogen (secondary N) is 1. The third kappa shape index (κ3) is 4.78. The molecule has 0 heterocycles. The zero-order valence-electron chi connectivity index (χ0n) is 10.6. The summed E-state index contributed by atoms with van der Waals surface area (Å²) in [6.07, 6.45) is 8.36. The minimum Gasteiger partial charge on any atom is -0.316 e. The molecule has 0 radical (unpaired) electrons. The minimum absolute atomic E-state index is 0.771. The lowest BCUT2D eigenvalue weighted by atomic mass is 9.87. The fourth-order valence-electron chi connectivity index (χ4n) is 2.43. The summed E-state index contributed by atoms with van der Waals surface area (Å²) in [5.74, 6) is 2.31. The van der Waals surface area contributed by atoms with E-state index in [2.05, 4.69) is 38.0 Å². The molecule has 2 heteroatoms. The van der Waals surface area contributed by atoms with Crippen LogP contribution in [0.3, 0.4) is 0 Å². The fourth-order valence-corrected chi connectivity index (χ4v) is 4.07. The molecule has 0 aliphatic heterocycles. The molecule has 90 valence electrons. The van der Waals surface area contributed by atoms with E-state index in [0.29, 0.717) is 0 Å². The molecule has 1 N–H and O–H groups in total. The highest BCUT2D eigenvalue weighted by atomic mass is 32.2. The van der Waals surface area contributed by atoms with Gasteiger partial charge in [0.25, 0.3) is 0 Å². The van der Waals surface area contributed by atoms with Gasteiger partial charge in [-0.15, -0.1) is 0 Å². The highest BCUT2D eigenvalue weighted by Crippen LogP contribution is 2.32. The third-order valence-corrected chi connectivity index (χ3v) is 4.98. The van der Waals surface area contributed by atoms with E-state index in [9.17, 15) is 0 Å². The second-order valence-electron chi connectivity index (χ2n) is 4.93. The Kier molecular flexibility index (Phi) is 6.74. The van der Waals surface area contributed by atoms with E-state index in [0.717, 1.165) is 17.2 Å². The molecular formula is C13H27NS. The summed E-state index contributed by atoms with van der Waals surface area (Å²) >= 11 is 2.21. The second kappa shape index (κ2) is 7.56. The normalized spacial score (nSPS) is 31.8. The standard InChI is InChI=1S/C13H27NS/c1-4-5-6-9-15-13-10-11(2)7-8-12(13)14-3/h11-14H,4-10H2,1-3H3. The van der Waals surface area contributed by atoms with Crippen molar-refractivity contribution in [2.24, 2.45) is 5.92 Å². The third-order valence-electron chi connectivity index (χ3n) is 3.50. The lowest BCUT2D eigenvalue weighted by molar-refractivity contribution is 0.329. The maximum atomic E-state index is 3.49. The molecule has 1 aliphatic carbocycles. The Hall–Kier alpha value is 0.310. The summed E-state index contributed by atoms with van der Waals surface area (Å²) in [5.41, 5.74) is 0. The Morgan fingerprint density at radius 3 is 2.73 bits per heavy atom. The van der Waals surface area contributed by atoms with Gasteiger partial charge >= 0.3 is 0 Å². The van der Waals surface area contributed by atoms with Crippen molar-refractivity contribution < 1.29 is 0 Å². The Bertz CT molecular complexity index is 161. The molecular weight excluding hydrogens is 202 g/mol. The molecule has 1 saturated carbocycles. The van der Waals surface area contributed by atoms with Gasteiger partial charge in [-0.1, -0.05) is 26.7 Å². The largest absolute Gasteiger partial charge is 0.316 e. The molecule has 0 aromatic carbocycles. The SMILES string of the molecule is CCCCCSC1CC(C)CCC1NC. The highest BCUT2D eigenvalue weighted by molar-refractivity contribution is 7.99. The summed E-state index contributed by atoms with van der Waals surface area (Å²) in [5, 5.41) is 4.37. The van der Waals surface area contributed by atoms with Gasteiger partial charge in [0.2, 0.25) is 0 Å². The van der Waals surface area contributed by atoms with E-state index in [1.807, 2.05) is 0 Å². The van der Waals surface area contributed by atoms with Crippen molar-refractivity contribution in [1.82, 2.24) is 5.32 Å². The molecule has 0 bridgehead atoms. The summed E-state index contributed by atoms with van der Waals surface area (Å²) < 4.78 is 0. The summed E-state index contributed by atoms with van der Waals surface area (Å²) in [7, 11) is 2.13. The molecule has 0 saturated heterocycles. The molecule has 1 rings (SSSR count). The minimum atomic E-state index is 0.771. The smallest absolute Gasteiger partial charge is 0.0203 e. The first-order chi connectivity index (χ1) is 7.27. The lowest BCUT2D eigenvalue weighted by Crippen LogP contribution is -2.40. The van der Waals surface area contributed by atoms with Crippen LogP contribution in [-0.4, -0.2) is 24.1 Å². The van der Waals surface area contributed by atoms with Gasteiger partial charge in [-0.05, 0) is 44.4 Å². The van der Waals surface area contributed by atoms with E-state index >= 15 is 0 Å².